The second-order valence-corrected chi connectivity index (χ2v) is 4.62. The number of aliphatic hydroxyl groups is 1. The summed E-state index contributed by atoms with van der Waals surface area (Å²) in [5.41, 5.74) is 0. The van der Waals surface area contributed by atoms with Gasteiger partial charge in [-0.3, -0.25) is 0 Å². The molecule has 0 saturated heterocycles. The van der Waals surface area contributed by atoms with Crippen molar-refractivity contribution in [3.63, 3.8) is 0 Å². The third kappa shape index (κ3) is 8.19. The fraction of sp³-hybridized carbons (Fsp3) is 0.929. The lowest BCUT2D eigenvalue weighted by Crippen LogP contribution is -2.27. The lowest BCUT2D eigenvalue weighted by Gasteiger charge is -2.18. The van der Waals surface area contributed by atoms with E-state index in [1.54, 1.807) is 0 Å². The highest BCUT2D eigenvalue weighted by atomic mass is 16.6. The quantitative estimate of drug-likeness (QED) is 0.473. The highest BCUT2D eigenvalue weighted by Crippen LogP contribution is 2.12. The summed E-state index contributed by atoms with van der Waals surface area (Å²) >= 11 is 0. The normalized spacial score (nSPS) is 14.4. The van der Waals surface area contributed by atoms with Crippen molar-refractivity contribution in [1.82, 2.24) is 0 Å². The summed E-state index contributed by atoms with van der Waals surface area (Å²) in [6.07, 6.45) is 6.58. The van der Waals surface area contributed by atoms with Gasteiger partial charge in [-0.2, -0.15) is 0 Å². The molecule has 0 aliphatic rings. The maximum absolute atomic E-state index is 11.6. The number of rotatable bonds is 10. The van der Waals surface area contributed by atoms with Gasteiger partial charge in [-0.1, -0.05) is 46.5 Å². The predicted molar refractivity (Wildman–Crippen MR) is 69.8 cm³/mol. The van der Waals surface area contributed by atoms with Gasteiger partial charge in [0, 0.05) is 0 Å². The number of carbonyl (C=O) groups is 1. The third-order valence-corrected chi connectivity index (χ3v) is 2.97. The van der Waals surface area contributed by atoms with Crippen LogP contribution >= 0.6 is 0 Å². The van der Waals surface area contributed by atoms with Crippen LogP contribution in [0.15, 0.2) is 0 Å². The Balaban J connectivity index is 3.87. The molecule has 2 unspecified atom stereocenters. The largest absolute Gasteiger partial charge is 0.460 e. The molecule has 0 radical (unpaired) electrons. The summed E-state index contributed by atoms with van der Waals surface area (Å²) in [7, 11) is 0. The van der Waals surface area contributed by atoms with Crippen molar-refractivity contribution in [2.45, 2.75) is 84.3 Å². The maximum Gasteiger partial charge on any atom is 0.335 e. The number of unbranched alkanes of at least 4 members (excludes halogenated alkanes) is 3. The Hall–Kier alpha value is -0.570. The molecule has 0 bridgehead atoms. The monoisotopic (exact) mass is 244 g/mol. The summed E-state index contributed by atoms with van der Waals surface area (Å²) in [4.78, 5) is 11.6. The van der Waals surface area contributed by atoms with Crippen LogP contribution in [0.4, 0.5) is 0 Å². The van der Waals surface area contributed by atoms with E-state index in [1.165, 1.54) is 12.8 Å². The Labute approximate surface area is 106 Å². The fourth-order valence-electron chi connectivity index (χ4n) is 1.73. The molecule has 1 N–H and O–H groups in total. The Bertz CT molecular complexity index is 192. The zero-order valence-corrected chi connectivity index (χ0v) is 11.6. The van der Waals surface area contributed by atoms with Crippen LogP contribution in [0.1, 0.15) is 72.1 Å². The maximum atomic E-state index is 11.6. The van der Waals surface area contributed by atoms with E-state index in [9.17, 15) is 9.90 Å². The molecule has 3 nitrogen and oxygen atoms in total. The van der Waals surface area contributed by atoms with Gasteiger partial charge in [0.25, 0.3) is 0 Å². The topological polar surface area (TPSA) is 46.5 Å². The van der Waals surface area contributed by atoms with Crippen LogP contribution in [0, 0.1) is 0 Å². The molecule has 0 aliphatic heterocycles. The Morgan fingerprint density at radius 3 is 2.24 bits per heavy atom. The molecule has 0 aromatic heterocycles. The van der Waals surface area contributed by atoms with Crippen LogP contribution < -0.4 is 0 Å². The van der Waals surface area contributed by atoms with E-state index >= 15 is 0 Å². The van der Waals surface area contributed by atoms with E-state index < -0.39 is 12.1 Å². The molecule has 0 aliphatic carbocycles. The first kappa shape index (κ1) is 16.4. The van der Waals surface area contributed by atoms with Crippen molar-refractivity contribution in [2.24, 2.45) is 0 Å². The second-order valence-electron chi connectivity index (χ2n) is 4.62. The van der Waals surface area contributed by atoms with Crippen LogP contribution in [-0.2, 0) is 9.53 Å². The van der Waals surface area contributed by atoms with Gasteiger partial charge in [0.1, 0.15) is 6.10 Å². The van der Waals surface area contributed by atoms with Gasteiger partial charge in [-0.15, -0.1) is 0 Å². The highest BCUT2D eigenvalue weighted by Gasteiger charge is 2.19. The van der Waals surface area contributed by atoms with Crippen molar-refractivity contribution in [1.29, 1.82) is 0 Å². The van der Waals surface area contributed by atoms with Gasteiger partial charge in [0.05, 0.1) is 0 Å². The van der Waals surface area contributed by atoms with E-state index in [0.29, 0.717) is 6.42 Å². The summed E-state index contributed by atoms with van der Waals surface area (Å²) in [6.45, 7) is 6.21. The molecule has 0 amide bonds. The molecule has 0 heterocycles. The molecule has 0 fully saturated rings. The van der Waals surface area contributed by atoms with Gasteiger partial charge >= 0.3 is 5.97 Å². The number of aliphatic hydroxyl groups excluding tert-OH is 1. The molecule has 2 atom stereocenters. The van der Waals surface area contributed by atoms with Crippen molar-refractivity contribution in [3.8, 4) is 0 Å². The first-order valence-electron chi connectivity index (χ1n) is 7.04. The molecule has 0 saturated carbocycles. The molecule has 0 rings (SSSR count). The molecule has 0 spiro atoms. The Morgan fingerprint density at radius 1 is 1.06 bits per heavy atom. The number of esters is 1. The number of hydrogen-bond acceptors (Lipinski definition) is 3. The van der Waals surface area contributed by atoms with Crippen LogP contribution in [-0.4, -0.2) is 23.3 Å². The fourth-order valence-corrected chi connectivity index (χ4v) is 1.73. The van der Waals surface area contributed by atoms with Crippen molar-refractivity contribution in [3.05, 3.63) is 0 Å². The average Bonchev–Trinajstić information content (AvgIpc) is 2.34. The predicted octanol–water partition coefficient (Wildman–Crippen LogP) is 3.44. The first-order valence-corrected chi connectivity index (χ1v) is 7.04. The summed E-state index contributed by atoms with van der Waals surface area (Å²) in [5, 5.41) is 9.59. The van der Waals surface area contributed by atoms with Gasteiger partial charge in [0.2, 0.25) is 0 Å². The average molecular weight is 244 g/mol. The highest BCUT2D eigenvalue weighted by molar-refractivity contribution is 5.74. The second kappa shape index (κ2) is 10.6. The zero-order valence-electron chi connectivity index (χ0n) is 11.6. The van der Waals surface area contributed by atoms with Gasteiger partial charge < -0.3 is 9.84 Å². The first-order chi connectivity index (χ1) is 8.15. The minimum atomic E-state index is -0.935. The summed E-state index contributed by atoms with van der Waals surface area (Å²) < 4.78 is 5.32. The Morgan fingerprint density at radius 2 is 1.71 bits per heavy atom. The van der Waals surface area contributed by atoms with Crippen molar-refractivity contribution >= 4 is 5.97 Å². The molecule has 0 aromatic carbocycles. The number of carbonyl (C=O) groups excluding carboxylic acids is 1. The SMILES string of the molecule is CCCCCC(CC)OC(=O)C(O)CCCC. The lowest BCUT2D eigenvalue weighted by atomic mass is 10.1. The van der Waals surface area contributed by atoms with Crippen LogP contribution in [0.3, 0.4) is 0 Å². The van der Waals surface area contributed by atoms with E-state index in [4.69, 9.17) is 4.74 Å². The standard InChI is InChI=1S/C14H28O3/c1-4-7-9-10-12(6-3)17-14(16)13(15)11-8-5-2/h12-13,15H,4-11H2,1-3H3. The molecular formula is C14H28O3. The minimum Gasteiger partial charge on any atom is -0.460 e. The van der Waals surface area contributed by atoms with E-state index in [0.717, 1.165) is 32.1 Å². The lowest BCUT2D eigenvalue weighted by molar-refractivity contribution is -0.160. The molecular weight excluding hydrogens is 216 g/mol. The Kier molecular flexibility index (Phi) is 10.2. The minimum absolute atomic E-state index is 0.0228. The van der Waals surface area contributed by atoms with E-state index in [-0.39, 0.29) is 6.10 Å². The summed E-state index contributed by atoms with van der Waals surface area (Å²) in [5.74, 6) is -0.443. The molecule has 102 valence electrons. The van der Waals surface area contributed by atoms with Gasteiger partial charge in [-0.25, -0.2) is 4.79 Å². The number of hydrogen-bond donors (Lipinski definition) is 1. The van der Waals surface area contributed by atoms with Crippen LogP contribution in [0.2, 0.25) is 0 Å². The third-order valence-electron chi connectivity index (χ3n) is 2.97. The number of ether oxygens (including phenoxy) is 1. The van der Waals surface area contributed by atoms with E-state index in [2.05, 4.69) is 6.92 Å². The van der Waals surface area contributed by atoms with E-state index in [1.807, 2.05) is 13.8 Å². The van der Waals surface area contributed by atoms with Crippen LogP contribution in [0.25, 0.3) is 0 Å². The van der Waals surface area contributed by atoms with Gasteiger partial charge in [-0.05, 0) is 25.7 Å². The smallest absolute Gasteiger partial charge is 0.335 e. The van der Waals surface area contributed by atoms with Crippen molar-refractivity contribution < 1.29 is 14.6 Å². The molecule has 3 heteroatoms. The molecule has 0 aromatic rings. The summed E-state index contributed by atoms with van der Waals surface area (Å²) in [6, 6.07) is 0. The zero-order chi connectivity index (χ0) is 13.1. The van der Waals surface area contributed by atoms with Crippen molar-refractivity contribution in [2.75, 3.05) is 0 Å². The van der Waals surface area contributed by atoms with Gasteiger partial charge in [0.15, 0.2) is 6.10 Å². The van der Waals surface area contributed by atoms with Crippen LogP contribution in [0.5, 0.6) is 0 Å². The molecule has 17 heavy (non-hydrogen) atoms.